The Hall–Kier alpha value is -3.88. The van der Waals surface area contributed by atoms with E-state index in [1.54, 1.807) is 36.1 Å². The highest BCUT2D eigenvalue weighted by molar-refractivity contribution is 5.80. The lowest BCUT2D eigenvalue weighted by atomic mass is 10.0. The first-order valence-corrected chi connectivity index (χ1v) is 11.4. The molecule has 9 heteroatoms. The van der Waals surface area contributed by atoms with E-state index in [1.807, 2.05) is 76.9 Å². The fraction of sp³-hybridized carbons (Fsp3) is 0.385. The van der Waals surface area contributed by atoms with Crippen molar-refractivity contribution in [3.63, 3.8) is 0 Å². The second-order valence-corrected chi connectivity index (χ2v) is 10.0. The zero-order valence-electron chi connectivity index (χ0n) is 21.4. The van der Waals surface area contributed by atoms with Crippen LogP contribution in [0.3, 0.4) is 0 Å². The number of hydrogen-bond acceptors (Lipinski definition) is 7. The predicted molar refractivity (Wildman–Crippen MR) is 139 cm³/mol. The average molecular weight is 479 g/mol. The number of aryl methyl sites for hydroxylation is 1. The van der Waals surface area contributed by atoms with Crippen molar-refractivity contribution in [2.75, 3.05) is 23.8 Å². The molecule has 0 aliphatic rings. The number of amides is 1. The molecule has 2 aromatic heterocycles. The first kappa shape index (κ1) is 25.7. The molecule has 0 radical (unpaired) electrons. The van der Waals surface area contributed by atoms with E-state index in [2.05, 4.69) is 20.6 Å². The van der Waals surface area contributed by atoms with Crippen molar-refractivity contribution in [1.82, 2.24) is 19.9 Å². The lowest BCUT2D eigenvalue weighted by molar-refractivity contribution is 0.0520. The predicted octanol–water partition coefficient (Wildman–Crippen LogP) is 4.33. The molecule has 0 unspecified atom stereocenters. The van der Waals surface area contributed by atoms with Crippen molar-refractivity contribution in [3.05, 3.63) is 65.2 Å². The second kappa shape index (κ2) is 10.2. The number of nitrogens with one attached hydrogen (secondary N) is 2. The fourth-order valence-corrected chi connectivity index (χ4v) is 3.41. The Labute approximate surface area is 206 Å². The Kier molecular flexibility index (Phi) is 7.48. The summed E-state index contributed by atoms with van der Waals surface area (Å²) in [6.07, 6.45) is 2.99. The van der Waals surface area contributed by atoms with Gasteiger partial charge in [-0.1, -0.05) is 30.3 Å². The molecule has 9 nitrogen and oxygen atoms in total. The molecule has 0 fully saturated rings. The van der Waals surface area contributed by atoms with Gasteiger partial charge in [0.05, 0.1) is 11.2 Å². The van der Waals surface area contributed by atoms with E-state index in [0.29, 0.717) is 18.3 Å². The Bertz CT molecular complexity index is 1230. The lowest BCUT2D eigenvalue weighted by Gasteiger charge is -2.28. The van der Waals surface area contributed by atoms with Crippen LogP contribution in [0.4, 0.5) is 22.2 Å². The summed E-state index contributed by atoms with van der Waals surface area (Å²) in [5, 5.41) is 6.05. The summed E-state index contributed by atoms with van der Waals surface area (Å²) >= 11 is 0. The molecule has 0 aliphatic carbocycles. The minimum atomic E-state index is -0.566. The maximum absolute atomic E-state index is 12.4. The van der Waals surface area contributed by atoms with E-state index in [-0.39, 0.29) is 5.56 Å². The summed E-state index contributed by atoms with van der Waals surface area (Å²) in [4.78, 5) is 35.4. The van der Waals surface area contributed by atoms with Crippen molar-refractivity contribution in [2.45, 2.75) is 45.8 Å². The summed E-state index contributed by atoms with van der Waals surface area (Å²) in [5.74, 6) is 1.06. The molecule has 0 spiro atoms. The van der Waals surface area contributed by atoms with Gasteiger partial charge >= 0.3 is 6.09 Å². The average Bonchev–Trinajstić information content (AvgIpc) is 2.78. The number of rotatable bonds is 7. The Balaban J connectivity index is 1.82. The molecule has 0 saturated heterocycles. The van der Waals surface area contributed by atoms with Crippen LogP contribution in [0, 0.1) is 0 Å². The van der Waals surface area contributed by atoms with Crippen molar-refractivity contribution < 1.29 is 9.53 Å². The largest absolute Gasteiger partial charge is 0.444 e. The third kappa shape index (κ3) is 7.05. The summed E-state index contributed by atoms with van der Waals surface area (Å²) < 4.78 is 6.85. The molecule has 3 aromatic rings. The number of alkyl carbamates (subject to hydrolysis) is 1. The number of ether oxygens (including phenoxy) is 1. The lowest BCUT2D eigenvalue weighted by Crippen LogP contribution is -2.45. The van der Waals surface area contributed by atoms with E-state index in [1.165, 1.54) is 0 Å². The van der Waals surface area contributed by atoms with E-state index in [0.717, 1.165) is 16.8 Å². The summed E-state index contributed by atoms with van der Waals surface area (Å²) in [6.45, 7) is 9.64. The fourth-order valence-electron chi connectivity index (χ4n) is 3.41. The van der Waals surface area contributed by atoms with E-state index >= 15 is 0 Å². The first-order valence-electron chi connectivity index (χ1n) is 11.4. The third-order valence-corrected chi connectivity index (χ3v) is 5.16. The summed E-state index contributed by atoms with van der Waals surface area (Å²) in [5.41, 5.74) is 1.38. The quantitative estimate of drug-likeness (QED) is 0.521. The van der Waals surface area contributed by atoms with Gasteiger partial charge in [-0.05, 0) is 46.2 Å². The van der Waals surface area contributed by atoms with Crippen LogP contribution in [0.25, 0.3) is 11.1 Å². The van der Waals surface area contributed by atoms with Gasteiger partial charge in [0.2, 0.25) is 5.95 Å². The molecule has 0 atom stereocenters. The highest BCUT2D eigenvalue weighted by atomic mass is 16.6. The van der Waals surface area contributed by atoms with Gasteiger partial charge < -0.3 is 24.8 Å². The number of hydrogen-bond donors (Lipinski definition) is 2. The van der Waals surface area contributed by atoms with Crippen LogP contribution in [0.2, 0.25) is 0 Å². The van der Waals surface area contributed by atoms with E-state index in [4.69, 9.17) is 4.74 Å². The number of anilines is 3. The van der Waals surface area contributed by atoms with Gasteiger partial charge in [0.15, 0.2) is 0 Å². The molecule has 1 amide bonds. The van der Waals surface area contributed by atoms with Crippen molar-refractivity contribution >= 4 is 23.5 Å². The summed E-state index contributed by atoms with van der Waals surface area (Å²) in [6, 6.07) is 13.2. The number of benzene rings is 1. The van der Waals surface area contributed by atoms with Gasteiger partial charge in [-0.25, -0.2) is 9.78 Å². The number of carbonyl (C=O) groups excluding carboxylic acids is 1. The van der Waals surface area contributed by atoms with Crippen molar-refractivity contribution in [1.29, 1.82) is 0 Å². The van der Waals surface area contributed by atoms with Gasteiger partial charge in [-0.3, -0.25) is 4.79 Å². The van der Waals surface area contributed by atoms with Gasteiger partial charge in [-0.15, -0.1) is 0 Å². The molecule has 1 aromatic carbocycles. The molecule has 3 rings (SSSR count). The van der Waals surface area contributed by atoms with Gasteiger partial charge in [0.25, 0.3) is 5.56 Å². The SMILES string of the molecule is CN(c1ccnc(NC(C)(C)CNC(=O)OC(C)(C)C)n1)c1cn(C)c(=O)cc1-c1ccccc1. The maximum atomic E-state index is 12.4. The molecule has 2 heterocycles. The zero-order chi connectivity index (χ0) is 25.8. The second-order valence-electron chi connectivity index (χ2n) is 10.0. The molecule has 0 saturated carbocycles. The van der Waals surface area contributed by atoms with Crippen LogP contribution in [-0.2, 0) is 11.8 Å². The van der Waals surface area contributed by atoms with Crippen molar-refractivity contribution in [3.8, 4) is 11.1 Å². The molecule has 0 bridgehead atoms. The number of aromatic nitrogens is 3. The zero-order valence-corrected chi connectivity index (χ0v) is 21.4. The topological polar surface area (TPSA) is 101 Å². The van der Waals surface area contributed by atoms with Crippen molar-refractivity contribution in [2.24, 2.45) is 7.05 Å². The molecule has 35 heavy (non-hydrogen) atoms. The normalized spacial score (nSPS) is 11.6. The third-order valence-electron chi connectivity index (χ3n) is 5.16. The number of carbonyl (C=O) groups is 1. The minimum absolute atomic E-state index is 0.0923. The summed E-state index contributed by atoms with van der Waals surface area (Å²) in [7, 11) is 3.62. The highest BCUT2D eigenvalue weighted by Gasteiger charge is 2.23. The van der Waals surface area contributed by atoms with Crippen LogP contribution < -0.4 is 21.1 Å². The molecule has 0 aliphatic heterocycles. The number of pyridine rings is 1. The molecule has 186 valence electrons. The van der Waals surface area contributed by atoms with E-state index in [9.17, 15) is 9.59 Å². The highest BCUT2D eigenvalue weighted by Crippen LogP contribution is 2.32. The van der Waals surface area contributed by atoms with Crippen LogP contribution in [-0.4, -0.2) is 45.4 Å². The van der Waals surface area contributed by atoms with Crippen LogP contribution in [0.1, 0.15) is 34.6 Å². The molecular formula is C26H34N6O3. The van der Waals surface area contributed by atoms with Crippen LogP contribution in [0.5, 0.6) is 0 Å². The Morgan fingerprint density at radius 2 is 1.80 bits per heavy atom. The minimum Gasteiger partial charge on any atom is -0.444 e. The molecular weight excluding hydrogens is 444 g/mol. The Morgan fingerprint density at radius 1 is 1.11 bits per heavy atom. The monoisotopic (exact) mass is 478 g/mol. The van der Waals surface area contributed by atoms with E-state index < -0.39 is 17.2 Å². The molecule has 2 N–H and O–H groups in total. The smallest absolute Gasteiger partial charge is 0.407 e. The van der Waals surface area contributed by atoms with Crippen LogP contribution >= 0.6 is 0 Å². The van der Waals surface area contributed by atoms with Crippen LogP contribution in [0.15, 0.2) is 59.7 Å². The van der Waals surface area contributed by atoms with Gasteiger partial charge in [-0.2, -0.15) is 4.98 Å². The Morgan fingerprint density at radius 3 is 2.46 bits per heavy atom. The van der Waals surface area contributed by atoms with Gasteiger partial charge in [0, 0.05) is 44.7 Å². The van der Waals surface area contributed by atoms with Gasteiger partial charge in [0.1, 0.15) is 11.4 Å². The number of nitrogens with zero attached hydrogens (tertiary/aromatic N) is 4. The first-order chi connectivity index (χ1) is 16.3. The maximum Gasteiger partial charge on any atom is 0.407 e. The standard InChI is InChI=1S/C26H34N6O3/c1-25(2,3)35-24(34)28-17-26(4,5)30-23-27-14-13-21(29-23)32(7)20-16-31(6)22(33)15-19(20)18-11-9-8-10-12-18/h8-16H,17H2,1-7H3,(H,28,34)(H,27,29,30).